The van der Waals surface area contributed by atoms with E-state index in [1.165, 1.54) is 10.8 Å². The van der Waals surface area contributed by atoms with E-state index in [9.17, 15) is 0 Å². The number of nitrogens with zero attached hydrogens (tertiary/aromatic N) is 2. The third-order valence-corrected chi connectivity index (χ3v) is 3.69. The first-order valence-corrected chi connectivity index (χ1v) is 8.03. The number of nitrogens with one attached hydrogen (secondary N) is 1. The molecule has 0 saturated heterocycles. The van der Waals surface area contributed by atoms with Crippen molar-refractivity contribution in [3.8, 4) is 0 Å². The van der Waals surface area contributed by atoms with Gasteiger partial charge in [0.15, 0.2) is 0 Å². The van der Waals surface area contributed by atoms with Gasteiger partial charge in [-0.2, -0.15) is 0 Å². The summed E-state index contributed by atoms with van der Waals surface area (Å²) in [5.41, 5.74) is 1.12. The molecule has 1 aromatic heterocycles. The first-order chi connectivity index (χ1) is 10.2. The van der Waals surface area contributed by atoms with E-state index in [1.54, 1.807) is 0 Å². The lowest BCUT2D eigenvalue weighted by molar-refractivity contribution is 0.657. The van der Waals surface area contributed by atoms with E-state index in [0.717, 1.165) is 37.6 Å². The summed E-state index contributed by atoms with van der Waals surface area (Å²) in [6.45, 7) is 11.7. The molecule has 3 heteroatoms. The summed E-state index contributed by atoms with van der Waals surface area (Å²) in [7, 11) is 0. The molecular weight excluding hydrogens is 258 g/mol. The summed E-state index contributed by atoms with van der Waals surface area (Å²) >= 11 is 0. The molecule has 0 amide bonds. The van der Waals surface area contributed by atoms with Crippen LogP contribution in [0.15, 0.2) is 30.3 Å². The number of anilines is 1. The second-order valence-corrected chi connectivity index (χ2v) is 5.73. The molecule has 1 aromatic carbocycles. The Labute approximate surface area is 128 Å². The van der Waals surface area contributed by atoms with Crippen molar-refractivity contribution in [2.75, 3.05) is 18.0 Å². The highest BCUT2D eigenvalue weighted by Gasteiger charge is 2.15. The van der Waals surface area contributed by atoms with Crippen molar-refractivity contribution in [2.45, 2.75) is 46.7 Å². The van der Waals surface area contributed by atoms with Gasteiger partial charge in [0.2, 0.25) is 0 Å². The Kier molecular flexibility index (Phi) is 5.57. The van der Waals surface area contributed by atoms with Gasteiger partial charge < -0.3 is 10.2 Å². The monoisotopic (exact) mass is 285 g/mol. The van der Waals surface area contributed by atoms with Crippen LogP contribution in [0, 0.1) is 0 Å². The van der Waals surface area contributed by atoms with Gasteiger partial charge in [-0.3, -0.25) is 0 Å². The number of pyridine rings is 1. The lowest BCUT2D eigenvalue weighted by Gasteiger charge is -2.29. The van der Waals surface area contributed by atoms with Gasteiger partial charge in [-0.1, -0.05) is 38.1 Å². The molecule has 0 atom stereocenters. The molecule has 0 aliphatic rings. The molecule has 2 rings (SSSR count). The van der Waals surface area contributed by atoms with Crippen molar-refractivity contribution in [3.63, 3.8) is 0 Å². The van der Waals surface area contributed by atoms with Crippen molar-refractivity contribution in [1.29, 1.82) is 0 Å². The smallest absolute Gasteiger partial charge is 0.137 e. The van der Waals surface area contributed by atoms with Crippen LogP contribution in [0.5, 0.6) is 0 Å². The van der Waals surface area contributed by atoms with Gasteiger partial charge in [0.05, 0.1) is 5.69 Å². The summed E-state index contributed by atoms with van der Waals surface area (Å²) in [6.07, 6.45) is 1.13. The highest BCUT2D eigenvalue weighted by molar-refractivity contribution is 5.92. The van der Waals surface area contributed by atoms with E-state index < -0.39 is 0 Å². The van der Waals surface area contributed by atoms with Gasteiger partial charge in [-0.15, -0.1) is 0 Å². The molecule has 114 valence electrons. The first-order valence-electron chi connectivity index (χ1n) is 8.03. The van der Waals surface area contributed by atoms with Gasteiger partial charge in [-0.05, 0) is 38.3 Å². The molecule has 0 bridgehead atoms. The molecule has 1 N–H and O–H groups in total. The Morgan fingerprint density at radius 3 is 2.62 bits per heavy atom. The minimum Gasteiger partial charge on any atom is -0.354 e. The molecule has 0 fully saturated rings. The van der Waals surface area contributed by atoms with Crippen molar-refractivity contribution < 1.29 is 0 Å². The predicted octanol–water partition coefficient (Wildman–Crippen LogP) is 3.97. The first kappa shape index (κ1) is 15.8. The van der Waals surface area contributed by atoms with Crippen LogP contribution in [0.25, 0.3) is 10.8 Å². The van der Waals surface area contributed by atoms with Gasteiger partial charge in [0.25, 0.3) is 0 Å². The molecule has 0 unspecified atom stereocenters. The molecule has 0 saturated carbocycles. The second kappa shape index (κ2) is 7.41. The average Bonchev–Trinajstić information content (AvgIpc) is 2.49. The van der Waals surface area contributed by atoms with Crippen LogP contribution >= 0.6 is 0 Å². The molecule has 0 radical (unpaired) electrons. The molecule has 0 aliphatic heterocycles. The summed E-state index contributed by atoms with van der Waals surface area (Å²) in [5, 5.41) is 5.90. The number of rotatable bonds is 7. The Bertz CT molecular complexity index is 578. The van der Waals surface area contributed by atoms with E-state index in [0.29, 0.717) is 6.04 Å². The Hall–Kier alpha value is -1.61. The minimum atomic E-state index is 0.454. The SMILES string of the molecule is CCCN(c1nc(CNCC)cc2ccccc12)C(C)C. The summed E-state index contributed by atoms with van der Waals surface area (Å²) < 4.78 is 0. The summed E-state index contributed by atoms with van der Waals surface area (Å²) in [4.78, 5) is 7.36. The molecule has 0 aliphatic carbocycles. The number of aromatic nitrogens is 1. The maximum absolute atomic E-state index is 4.94. The molecule has 3 nitrogen and oxygen atoms in total. The number of hydrogen-bond donors (Lipinski definition) is 1. The van der Waals surface area contributed by atoms with E-state index in [2.05, 4.69) is 68.2 Å². The van der Waals surface area contributed by atoms with E-state index in [-0.39, 0.29) is 0 Å². The fourth-order valence-corrected chi connectivity index (χ4v) is 2.65. The molecule has 2 aromatic rings. The van der Waals surface area contributed by atoms with Crippen LogP contribution in [-0.4, -0.2) is 24.1 Å². The summed E-state index contributed by atoms with van der Waals surface area (Å²) in [5.74, 6) is 1.12. The number of fused-ring (bicyclic) bond motifs is 1. The van der Waals surface area contributed by atoms with Gasteiger partial charge in [0.1, 0.15) is 5.82 Å². The lowest BCUT2D eigenvalue weighted by atomic mass is 10.1. The normalized spacial score (nSPS) is 11.3. The Morgan fingerprint density at radius 1 is 1.19 bits per heavy atom. The lowest BCUT2D eigenvalue weighted by Crippen LogP contribution is -2.32. The minimum absolute atomic E-state index is 0.454. The largest absolute Gasteiger partial charge is 0.354 e. The topological polar surface area (TPSA) is 28.2 Å². The molecular formula is C18H27N3. The average molecular weight is 285 g/mol. The van der Waals surface area contributed by atoms with E-state index in [1.807, 2.05) is 0 Å². The van der Waals surface area contributed by atoms with Gasteiger partial charge in [-0.25, -0.2) is 4.98 Å². The van der Waals surface area contributed by atoms with Crippen LogP contribution in [0.1, 0.15) is 39.8 Å². The zero-order valence-electron chi connectivity index (χ0n) is 13.7. The van der Waals surface area contributed by atoms with Crippen LogP contribution < -0.4 is 10.2 Å². The Morgan fingerprint density at radius 2 is 1.95 bits per heavy atom. The number of benzene rings is 1. The van der Waals surface area contributed by atoms with Crippen molar-refractivity contribution in [1.82, 2.24) is 10.3 Å². The van der Waals surface area contributed by atoms with E-state index >= 15 is 0 Å². The third-order valence-electron chi connectivity index (χ3n) is 3.69. The van der Waals surface area contributed by atoms with Crippen LogP contribution in [-0.2, 0) is 6.54 Å². The molecule has 21 heavy (non-hydrogen) atoms. The van der Waals surface area contributed by atoms with Gasteiger partial charge >= 0.3 is 0 Å². The second-order valence-electron chi connectivity index (χ2n) is 5.73. The maximum atomic E-state index is 4.94. The molecule has 0 spiro atoms. The molecule has 1 heterocycles. The fraction of sp³-hybridized carbons (Fsp3) is 0.500. The van der Waals surface area contributed by atoms with Crippen molar-refractivity contribution >= 4 is 16.6 Å². The third kappa shape index (κ3) is 3.73. The number of hydrogen-bond acceptors (Lipinski definition) is 3. The standard InChI is InChI=1S/C18H27N3/c1-5-11-21(14(3)4)18-17-10-8-7-9-15(17)12-16(20-18)13-19-6-2/h7-10,12,14,19H,5-6,11,13H2,1-4H3. The maximum Gasteiger partial charge on any atom is 0.137 e. The van der Waals surface area contributed by atoms with Crippen LogP contribution in [0.2, 0.25) is 0 Å². The quantitative estimate of drug-likeness (QED) is 0.834. The highest BCUT2D eigenvalue weighted by atomic mass is 15.2. The van der Waals surface area contributed by atoms with Crippen LogP contribution in [0.3, 0.4) is 0 Å². The zero-order chi connectivity index (χ0) is 15.2. The highest BCUT2D eigenvalue weighted by Crippen LogP contribution is 2.27. The van der Waals surface area contributed by atoms with E-state index in [4.69, 9.17) is 4.98 Å². The van der Waals surface area contributed by atoms with Crippen LogP contribution in [0.4, 0.5) is 5.82 Å². The summed E-state index contributed by atoms with van der Waals surface area (Å²) in [6, 6.07) is 11.2. The fourth-order valence-electron chi connectivity index (χ4n) is 2.65. The van der Waals surface area contributed by atoms with Gasteiger partial charge in [0, 0.05) is 24.5 Å². The Balaban J connectivity index is 2.52. The van der Waals surface area contributed by atoms with Crippen molar-refractivity contribution in [3.05, 3.63) is 36.0 Å². The van der Waals surface area contributed by atoms with Crippen molar-refractivity contribution in [2.24, 2.45) is 0 Å². The zero-order valence-corrected chi connectivity index (χ0v) is 13.7. The predicted molar refractivity (Wildman–Crippen MR) is 91.9 cm³/mol.